The molecule has 2 aliphatic rings. The molecule has 0 spiro atoms. The van der Waals surface area contributed by atoms with E-state index in [4.69, 9.17) is 0 Å². The van der Waals surface area contributed by atoms with E-state index in [9.17, 15) is 28.8 Å². The van der Waals surface area contributed by atoms with Gasteiger partial charge in [0.25, 0.3) is 11.8 Å². The smallest absolute Gasteiger partial charge is 0.353 e. The molecular formula is C19H15N5O6S3. The van der Waals surface area contributed by atoms with Crippen molar-refractivity contribution in [3.05, 3.63) is 54.0 Å². The predicted octanol–water partition coefficient (Wildman–Crippen LogP) is 0.0367. The van der Waals surface area contributed by atoms with Crippen LogP contribution >= 0.6 is 23.5 Å². The maximum Gasteiger partial charge on any atom is 0.353 e. The number of rotatable bonds is 7. The number of nitrogens with zero attached hydrogens (tertiary/aromatic N) is 4. The number of hydrogen-bond donors (Lipinski definition) is 2. The zero-order valence-electron chi connectivity index (χ0n) is 16.6. The molecule has 3 atom stereocenters. The Bertz CT molecular complexity index is 1130. The van der Waals surface area contributed by atoms with Gasteiger partial charge >= 0.3 is 5.97 Å². The van der Waals surface area contributed by atoms with Gasteiger partial charge in [-0.05, 0) is 30.0 Å². The fraction of sp³-hybridized carbons (Fsp3) is 0.211. The summed E-state index contributed by atoms with van der Waals surface area (Å²) in [5, 5.41) is 19.0. The Balaban J connectivity index is 1.44. The minimum atomic E-state index is -1.69. The Kier molecular flexibility index (Phi) is 6.97. The molecule has 2 aromatic rings. The van der Waals surface area contributed by atoms with Crippen LogP contribution in [0.5, 0.6) is 0 Å². The number of carboxylic acid groups (broad SMARTS) is 1. The first kappa shape index (κ1) is 23.2. The van der Waals surface area contributed by atoms with Crippen LogP contribution in [-0.4, -0.2) is 75.6 Å². The Morgan fingerprint density at radius 1 is 1.27 bits per heavy atom. The highest BCUT2D eigenvalue weighted by Crippen LogP contribution is 2.41. The minimum Gasteiger partial charge on any atom is -0.610 e. The Morgan fingerprint density at radius 2 is 2.09 bits per heavy atom. The van der Waals surface area contributed by atoms with E-state index in [0.29, 0.717) is 5.03 Å². The van der Waals surface area contributed by atoms with Gasteiger partial charge in [0.1, 0.15) is 22.1 Å². The second kappa shape index (κ2) is 9.91. The van der Waals surface area contributed by atoms with Gasteiger partial charge in [0.05, 0.1) is 0 Å². The highest BCUT2D eigenvalue weighted by Gasteiger charge is 2.55. The van der Waals surface area contributed by atoms with Crippen molar-refractivity contribution in [2.45, 2.75) is 21.5 Å². The van der Waals surface area contributed by atoms with Crippen LogP contribution in [0, 0.1) is 0 Å². The molecule has 0 aliphatic carbocycles. The van der Waals surface area contributed by atoms with Crippen LogP contribution in [0.25, 0.3) is 0 Å². The van der Waals surface area contributed by atoms with Crippen LogP contribution in [0.4, 0.5) is 0 Å². The normalized spacial score (nSPS) is 20.5. The molecule has 2 aliphatic heterocycles. The van der Waals surface area contributed by atoms with Crippen molar-refractivity contribution in [2.75, 3.05) is 11.5 Å². The number of nitrogens with one attached hydrogen (secondary N) is 1. The Hall–Kier alpha value is -2.94. The summed E-state index contributed by atoms with van der Waals surface area (Å²) in [6, 6.07) is 6.99. The summed E-state index contributed by atoms with van der Waals surface area (Å²) in [4.78, 5) is 54.6. The van der Waals surface area contributed by atoms with E-state index in [0.717, 1.165) is 28.4 Å². The summed E-state index contributed by atoms with van der Waals surface area (Å²) in [7, 11) is 0. The number of amides is 2. The molecule has 2 unspecified atom stereocenters. The minimum absolute atomic E-state index is 0.0335. The third-order valence-electron chi connectivity index (χ3n) is 4.61. The van der Waals surface area contributed by atoms with Gasteiger partial charge in [0, 0.05) is 41.0 Å². The van der Waals surface area contributed by atoms with Gasteiger partial charge in [-0.25, -0.2) is 9.78 Å². The summed E-state index contributed by atoms with van der Waals surface area (Å²) in [6.45, 7) is 0. The quantitative estimate of drug-likeness (QED) is 0.296. The molecular weight excluding hydrogens is 490 g/mol. The van der Waals surface area contributed by atoms with Crippen molar-refractivity contribution in [3.63, 3.8) is 0 Å². The molecule has 0 bridgehead atoms. The number of aromatic nitrogens is 3. The van der Waals surface area contributed by atoms with Gasteiger partial charge in [-0.15, -0.1) is 16.9 Å². The molecule has 33 heavy (non-hydrogen) atoms. The Labute approximate surface area is 198 Å². The standard InChI is InChI=1S/C19H15N5O6S3/c25-11(9-33(30)13-5-1-2-6-20-13)22-14-16(26)24-15(18(27)28)10(8-31-17(14)24)19(29)32-12-4-3-7-21-23-12/h1-7,14,17H,8-9H2,(H,22,25)(H,27,28)/t14?,17-,33?/m0/s1. The molecule has 2 amide bonds. The third kappa shape index (κ3) is 4.88. The number of aliphatic carboxylic acids is 1. The van der Waals surface area contributed by atoms with Crippen LogP contribution in [-0.2, 0) is 30.4 Å². The van der Waals surface area contributed by atoms with E-state index < -0.39 is 56.9 Å². The highest BCUT2D eigenvalue weighted by molar-refractivity contribution is 8.14. The van der Waals surface area contributed by atoms with Crippen molar-refractivity contribution < 1.29 is 28.8 Å². The van der Waals surface area contributed by atoms with Crippen molar-refractivity contribution in [1.29, 1.82) is 0 Å². The van der Waals surface area contributed by atoms with Gasteiger partial charge in [0.2, 0.25) is 10.1 Å². The number of pyridine rings is 1. The molecule has 14 heteroatoms. The first-order valence-electron chi connectivity index (χ1n) is 9.36. The zero-order valence-corrected chi connectivity index (χ0v) is 19.1. The van der Waals surface area contributed by atoms with E-state index in [1.165, 1.54) is 18.5 Å². The van der Waals surface area contributed by atoms with Crippen molar-refractivity contribution in [1.82, 2.24) is 25.4 Å². The average molecular weight is 506 g/mol. The fourth-order valence-electron chi connectivity index (χ4n) is 3.16. The number of β-lactam (4-membered cyclic amide) rings is 1. The highest BCUT2D eigenvalue weighted by atomic mass is 32.2. The summed E-state index contributed by atoms with van der Waals surface area (Å²) in [6.07, 6.45) is 2.90. The van der Waals surface area contributed by atoms with Crippen molar-refractivity contribution in [2.24, 2.45) is 0 Å². The first-order valence-corrected chi connectivity index (χ1v) is 12.5. The SMILES string of the molecule is O=C(C[S+]([O-])c1ccccn1)NC1C(=O)N2C(C(=O)O)=C(C(=O)Sc3cccnn3)CS[C@@H]12. The lowest BCUT2D eigenvalue weighted by Crippen LogP contribution is -2.71. The lowest BCUT2D eigenvalue weighted by atomic mass is 10.0. The number of carboxylic acids is 1. The van der Waals surface area contributed by atoms with E-state index >= 15 is 0 Å². The monoisotopic (exact) mass is 505 g/mol. The van der Waals surface area contributed by atoms with E-state index in [-0.39, 0.29) is 16.4 Å². The van der Waals surface area contributed by atoms with Gasteiger partial charge in [-0.3, -0.25) is 19.3 Å². The number of carbonyl (C=O) groups is 4. The van der Waals surface area contributed by atoms with E-state index in [1.807, 2.05) is 0 Å². The van der Waals surface area contributed by atoms with E-state index in [2.05, 4.69) is 20.5 Å². The predicted molar refractivity (Wildman–Crippen MR) is 118 cm³/mol. The maximum absolute atomic E-state index is 12.7. The second-order valence-electron chi connectivity index (χ2n) is 6.70. The lowest BCUT2D eigenvalue weighted by Gasteiger charge is -2.49. The summed E-state index contributed by atoms with van der Waals surface area (Å²) in [5.41, 5.74) is -0.443. The number of thioether (sulfide) groups is 2. The summed E-state index contributed by atoms with van der Waals surface area (Å²) >= 11 is 0.191. The second-order valence-corrected chi connectivity index (χ2v) is 10.2. The maximum atomic E-state index is 12.7. The fourth-order valence-corrected chi connectivity index (χ4v) is 6.19. The van der Waals surface area contributed by atoms with Gasteiger partial charge < -0.3 is 15.0 Å². The van der Waals surface area contributed by atoms with Crippen LogP contribution in [0.3, 0.4) is 0 Å². The van der Waals surface area contributed by atoms with Crippen LogP contribution in [0.15, 0.2) is 64.0 Å². The molecule has 1 fully saturated rings. The molecule has 2 aromatic heterocycles. The number of hydrogen-bond acceptors (Lipinski definition) is 10. The molecule has 2 N–H and O–H groups in total. The molecule has 0 aromatic carbocycles. The van der Waals surface area contributed by atoms with Gasteiger partial charge in [0.15, 0.2) is 5.75 Å². The molecule has 4 rings (SSSR count). The van der Waals surface area contributed by atoms with E-state index in [1.54, 1.807) is 24.3 Å². The number of fused-ring (bicyclic) bond motifs is 1. The Morgan fingerprint density at radius 3 is 2.76 bits per heavy atom. The van der Waals surface area contributed by atoms with Gasteiger partial charge in [-0.1, -0.05) is 6.07 Å². The first-order chi connectivity index (χ1) is 15.9. The van der Waals surface area contributed by atoms with Crippen LogP contribution in [0.1, 0.15) is 0 Å². The molecule has 1 saturated heterocycles. The third-order valence-corrected chi connectivity index (χ3v) is 7.98. The van der Waals surface area contributed by atoms with Crippen LogP contribution in [0.2, 0.25) is 0 Å². The topological polar surface area (TPSA) is 166 Å². The molecule has 0 saturated carbocycles. The van der Waals surface area contributed by atoms with Crippen molar-refractivity contribution >= 4 is 57.6 Å². The molecule has 4 heterocycles. The average Bonchev–Trinajstić information content (AvgIpc) is 2.82. The molecule has 170 valence electrons. The van der Waals surface area contributed by atoms with Gasteiger partial charge in [-0.2, -0.15) is 5.10 Å². The van der Waals surface area contributed by atoms with Crippen LogP contribution < -0.4 is 5.32 Å². The molecule has 0 radical (unpaired) electrons. The van der Waals surface area contributed by atoms with Crippen molar-refractivity contribution in [3.8, 4) is 0 Å². The zero-order chi connectivity index (χ0) is 23.5. The number of carbonyl (C=O) groups excluding carboxylic acids is 3. The summed E-state index contributed by atoms with van der Waals surface area (Å²) in [5.74, 6) is -3.06. The summed E-state index contributed by atoms with van der Waals surface area (Å²) < 4.78 is 12.3. The molecule has 11 nitrogen and oxygen atoms in total. The largest absolute Gasteiger partial charge is 0.610 e. The lowest BCUT2D eigenvalue weighted by molar-refractivity contribution is -0.150.